The minimum Gasteiger partial charge on any atom is -0.347 e. The van der Waals surface area contributed by atoms with E-state index < -0.39 is 0 Å². The molecule has 3 rings (SSSR count). The summed E-state index contributed by atoms with van der Waals surface area (Å²) in [6.45, 7) is 6.19. The van der Waals surface area contributed by atoms with Crippen LogP contribution < -0.4 is 0 Å². The average Bonchev–Trinajstić information content (AvgIpc) is 2.65. The van der Waals surface area contributed by atoms with Crippen molar-refractivity contribution in [3.8, 4) is 0 Å². The molecule has 0 amide bonds. The Labute approximate surface area is 98.0 Å². The molecule has 2 aliphatic carbocycles. The molecule has 1 spiro atoms. The predicted octanol–water partition coefficient (Wildman–Crippen LogP) is 3.13. The largest absolute Gasteiger partial charge is 0.347 e. The normalized spacial score (nSPS) is 41.9. The van der Waals surface area contributed by atoms with Crippen LogP contribution in [-0.4, -0.2) is 19.0 Å². The Morgan fingerprint density at radius 2 is 2.06 bits per heavy atom. The molecule has 16 heavy (non-hydrogen) atoms. The predicted molar refractivity (Wildman–Crippen MR) is 63.0 cm³/mol. The molecular weight excluding hydrogens is 200 g/mol. The lowest BCUT2D eigenvalue weighted by Gasteiger charge is -2.48. The van der Waals surface area contributed by atoms with Crippen molar-refractivity contribution in [2.45, 2.75) is 45.3 Å². The Hall–Kier alpha value is -0.340. The number of ether oxygens (including phenoxy) is 2. The van der Waals surface area contributed by atoms with E-state index in [0.29, 0.717) is 5.92 Å². The van der Waals surface area contributed by atoms with Crippen LogP contribution in [0.3, 0.4) is 0 Å². The summed E-state index contributed by atoms with van der Waals surface area (Å²) in [5.74, 6) is 1.91. The first-order valence-electron chi connectivity index (χ1n) is 6.63. The molecule has 0 aromatic heterocycles. The summed E-state index contributed by atoms with van der Waals surface area (Å²) in [6, 6.07) is 0. The second-order valence-electron chi connectivity index (χ2n) is 5.91. The molecule has 1 aliphatic heterocycles. The van der Waals surface area contributed by atoms with Crippen LogP contribution in [0.1, 0.15) is 39.5 Å². The number of allylic oxidation sites excluding steroid dienone is 2. The van der Waals surface area contributed by atoms with Gasteiger partial charge in [-0.15, -0.1) is 0 Å². The maximum atomic E-state index is 6.01. The maximum absolute atomic E-state index is 6.01. The Morgan fingerprint density at radius 3 is 2.81 bits per heavy atom. The van der Waals surface area contributed by atoms with E-state index in [4.69, 9.17) is 9.47 Å². The quantitative estimate of drug-likeness (QED) is 0.586. The van der Waals surface area contributed by atoms with Crippen LogP contribution in [-0.2, 0) is 9.47 Å². The van der Waals surface area contributed by atoms with Crippen LogP contribution in [0.5, 0.6) is 0 Å². The molecule has 1 saturated carbocycles. The molecule has 2 nitrogen and oxygen atoms in total. The first-order valence-corrected chi connectivity index (χ1v) is 6.63. The van der Waals surface area contributed by atoms with E-state index >= 15 is 0 Å². The van der Waals surface area contributed by atoms with Crippen molar-refractivity contribution >= 4 is 0 Å². The van der Waals surface area contributed by atoms with Gasteiger partial charge in [-0.1, -0.05) is 18.6 Å². The summed E-state index contributed by atoms with van der Waals surface area (Å²) in [5.41, 5.74) is 1.56. The molecule has 0 N–H and O–H groups in total. The fraction of sp³-hybridized carbons (Fsp3) is 0.857. The standard InChI is InChI=1S/C14H22O2/c1-10-3-4-13-12(7-10)8-11(2)9-14(13)15-5-6-16-14/h3,11-13H,4-9H2,1-2H3/t11-,12-,13-/m1/s1. The summed E-state index contributed by atoms with van der Waals surface area (Å²) in [4.78, 5) is 0. The van der Waals surface area contributed by atoms with Gasteiger partial charge in [0.1, 0.15) is 0 Å². The van der Waals surface area contributed by atoms with Gasteiger partial charge in [0, 0.05) is 12.3 Å². The van der Waals surface area contributed by atoms with Gasteiger partial charge in [0.05, 0.1) is 13.2 Å². The molecule has 0 aromatic rings. The highest BCUT2D eigenvalue weighted by Gasteiger charge is 2.51. The smallest absolute Gasteiger partial charge is 0.172 e. The zero-order valence-corrected chi connectivity index (χ0v) is 10.4. The lowest BCUT2D eigenvalue weighted by atomic mass is 9.65. The second kappa shape index (κ2) is 3.85. The van der Waals surface area contributed by atoms with E-state index in [2.05, 4.69) is 19.9 Å². The van der Waals surface area contributed by atoms with Crippen molar-refractivity contribution in [3.05, 3.63) is 11.6 Å². The van der Waals surface area contributed by atoms with Gasteiger partial charge in [0.25, 0.3) is 0 Å². The molecule has 1 heterocycles. The minimum absolute atomic E-state index is 0.223. The summed E-state index contributed by atoms with van der Waals surface area (Å²) in [7, 11) is 0. The zero-order chi connectivity index (χ0) is 11.2. The number of rotatable bonds is 0. The van der Waals surface area contributed by atoms with Gasteiger partial charge >= 0.3 is 0 Å². The summed E-state index contributed by atoms with van der Waals surface area (Å²) >= 11 is 0. The third-order valence-corrected chi connectivity index (χ3v) is 4.55. The molecule has 1 saturated heterocycles. The SMILES string of the molecule is CC1=CC[C@@H]2[C@H](C1)C[C@@H](C)CC21OCCO1. The third kappa shape index (κ3) is 1.63. The lowest BCUT2D eigenvalue weighted by Crippen LogP contribution is -2.49. The van der Waals surface area contributed by atoms with Crippen LogP contribution in [0.4, 0.5) is 0 Å². The molecule has 90 valence electrons. The summed E-state index contributed by atoms with van der Waals surface area (Å²) in [5, 5.41) is 0. The molecule has 0 aromatic carbocycles. The molecule has 0 radical (unpaired) electrons. The fourth-order valence-electron chi connectivity index (χ4n) is 3.99. The van der Waals surface area contributed by atoms with Gasteiger partial charge in [0.15, 0.2) is 5.79 Å². The highest BCUT2D eigenvalue weighted by Crippen LogP contribution is 2.51. The van der Waals surface area contributed by atoms with E-state index in [1.807, 2.05) is 0 Å². The molecule has 0 bridgehead atoms. The van der Waals surface area contributed by atoms with Gasteiger partial charge < -0.3 is 9.47 Å². The molecule has 0 unspecified atom stereocenters. The van der Waals surface area contributed by atoms with Crippen LogP contribution in [0, 0.1) is 17.8 Å². The zero-order valence-electron chi connectivity index (χ0n) is 10.4. The molecule has 3 atom stereocenters. The lowest BCUT2D eigenvalue weighted by molar-refractivity contribution is -0.235. The average molecular weight is 222 g/mol. The second-order valence-corrected chi connectivity index (χ2v) is 5.91. The topological polar surface area (TPSA) is 18.5 Å². The van der Waals surface area contributed by atoms with Gasteiger partial charge in [-0.05, 0) is 38.0 Å². The highest BCUT2D eigenvalue weighted by atomic mass is 16.7. The molecule has 3 aliphatic rings. The summed E-state index contributed by atoms with van der Waals surface area (Å²) < 4.78 is 12.0. The van der Waals surface area contributed by atoms with Crippen molar-refractivity contribution < 1.29 is 9.47 Å². The van der Waals surface area contributed by atoms with Crippen LogP contribution in [0.25, 0.3) is 0 Å². The van der Waals surface area contributed by atoms with E-state index in [1.54, 1.807) is 5.57 Å². The maximum Gasteiger partial charge on any atom is 0.172 e. The van der Waals surface area contributed by atoms with Crippen molar-refractivity contribution in [3.63, 3.8) is 0 Å². The third-order valence-electron chi connectivity index (χ3n) is 4.55. The van der Waals surface area contributed by atoms with Crippen LogP contribution in [0.15, 0.2) is 11.6 Å². The molecule has 2 fully saturated rings. The summed E-state index contributed by atoms with van der Waals surface area (Å²) in [6.07, 6.45) is 7.25. The monoisotopic (exact) mass is 222 g/mol. The van der Waals surface area contributed by atoms with E-state index in [1.165, 1.54) is 12.8 Å². The highest BCUT2D eigenvalue weighted by molar-refractivity contribution is 5.10. The number of hydrogen-bond acceptors (Lipinski definition) is 2. The van der Waals surface area contributed by atoms with Crippen molar-refractivity contribution in [1.29, 1.82) is 0 Å². The van der Waals surface area contributed by atoms with E-state index in [0.717, 1.165) is 37.9 Å². The van der Waals surface area contributed by atoms with Crippen molar-refractivity contribution in [2.24, 2.45) is 17.8 Å². The van der Waals surface area contributed by atoms with E-state index in [-0.39, 0.29) is 5.79 Å². The Morgan fingerprint density at radius 1 is 1.31 bits per heavy atom. The van der Waals surface area contributed by atoms with Gasteiger partial charge in [-0.3, -0.25) is 0 Å². The minimum atomic E-state index is -0.223. The van der Waals surface area contributed by atoms with Gasteiger partial charge in [-0.25, -0.2) is 0 Å². The Kier molecular flexibility index (Phi) is 2.60. The van der Waals surface area contributed by atoms with Gasteiger partial charge in [-0.2, -0.15) is 0 Å². The van der Waals surface area contributed by atoms with Crippen LogP contribution in [0.2, 0.25) is 0 Å². The van der Waals surface area contributed by atoms with E-state index in [9.17, 15) is 0 Å². The van der Waals surface area contributed by atoms with Gasteiger partial charge in [0.2, 0.25) is 0 Å². The first kappa shape index (κ1) is 10.8. The molecule has 2 heteroatoms. The Balaban J connectivity index is 1.88. The van der Waals surface area contributed by atoms with Crippen LogP contribution >= 0.6 is 0 Å². The Bertz CT molecular complexity index is 302. The van der Waals surface area contributed by atoms with Crippen molar-refractivity contribution in [2.75, 3.05) is 13.2 Å². The van der Waals surface area contributed by atoms with Crippen molar-refractivity contribution in [1.82, 2.24) is 0 Å². The number of fused-ring (bicyclic) bond motifs is 2. The first-order chi connectivity index (χ1) is 7.70. The fourth-order valence-corrected chi connectivity index (χ4v) is 3.99. The number of hydrogen-bond donors (Lipinski definition) is 0. The molecular formula is C14H22O2.